The third kappa shape index (κ3) is 8.34. The number of nitrogen functional groups attached to an aromatic ring is 1. The molecule has 2 heterocycles. The van der Waals surface area contributed by atoms with Crippen molar-refractivity contribution in [2.45, 2.75) is 38.7 Å². The number of primary amides is 1. The number of nitrogens with two attached hydrogens (primary N) is 2. The summed E-state index contributed by atoms with van der Waals surface area (Å²) in [6, 6.07) is 11.3. The van der Waals surface area contributed by atoms with Gasteiger partial charge in [0.2, 0.25) is 10.0 Å². The van der Waals surface area contributed by atoms with Crippen molar-refractivity contribution in [2.75, 3.05) is 42.8 Å². The molecule has 2 aliphatic heterocycles. The van der Waals surface area contributed by atoms with Gasteiger partial charge in [0, 0.05) is 44.5 Å². The van der Waals surface area contributed by atoms with E-state index in [4.69, 9.17) is 26.4 Å². The molecule has 4 rings (SSSR count). The first-order valence-corrected chi connectivity index (χ1v) is 15.8. The van der Waals surface area contributed by atoms with Gasteiger partial charge in [-0.1, -0.05) is 30.4 Å². The summed E-state index contributed by atoms with van der Waals surface area (Å²) in [6.45, 7) is 3.93. The van der Waals surface area contributed by atoms with Crippen LogP contribution in [0.15, 0.2) is 53.5 Å². The van der Waals surface area contributed by atoms with Crippen LogP contribution in [0.1, 0.15) is 54.1 Å². The Bertz CT molecular complexity index is 1510. The number of hydrogen-bond donors (Lipinski definition) is 3. The van der Waals surface area contributed by atoms with E-state index in [0.29, 0.717) is 11.1 Å². The summed E-state index contributed by atoms with van der Waals surface area (Å²) in [7, 11) is -4.23. The molecule has 2 aliphatic rings. The van der Waals surface area contributed by atoms with Gasteiger partial charge in [-0.15, -0.1) is 0 Å². The minimum atomic E-state index is -4.23. The number of rotatable bonds is 12. The molecule has 0 bridgehead atoms. The van der Waals surface area contributed by atoms with E-state index in [9.17, 15) is 18.0 Å². The van der Waals surface area contributed by atoms with Crippen LogP contribution in [0.2, 0.25) is 0 Å². The van der Waals surface area contributed by atoms with E-state index >= 15 is 0 Å². The summed E-state index contributed by atoms with van der Waals surface area (Å²) in [4.78, 5) is 31.5. The highest BCUT2D eigenvalue weighted by molar-refractivity contribution is 7.93. The fourth-order valence-corrected chi connectivity index (χ4v) is 6.35. The van der Waals surface area contributed by atoms with Gasteiger partial charge in [0.05, 0.1) is 30.2 Å². The Labute approximate surface area is 251 Å². The lowest BCUT2D eigenvalue weighted by Crippen LogP contribution is -2.41. The molecule has 2 aromatic carbocycles. The van der Waals surface area contributed by atoms with Crippen LogP contribution in [0.25, 0.3) is 6.08 Å². The molecule has 0 saturated carbocycles. The molecule has 1 amide bonds. The minimum absolute atomic E-state index is 0.0334. The van der Waals surface area contributed by atoms with Gasteiger partial charge in [0.1, 0.15) is 17.7 Å². The van der Waals surface area contributed by atoms with Crippen LogP contribution in [0, 0.1) is 5.41 Å². The first kappa shape index (κ1) is 31.5. The standard InChI is InChI=1S/C30H38N6O6S/c1-2-41-28(37)20-43(39,40)36(15-5-7-21-6-3-8-22(18-21)29(31)32)23-10-11-26(25(19-23)30(33)38)42-24-12-16-35(17-13-24)27-9-4-14-34-27/h3,5-8,10-11,18-19,24H,2,4,9,12-17,20H2,1H3,(H3,31,32)(H2,33,38). The molecular formula is C30H38N6O6S. The van der Waals surface area contributed by atoms with Crippen molar-refractivity contribution in [3.8, 4) is 5.75 Å². The number of anilines is 1. The van der Waals surface area contributed by atoms with Crippen LogP contribution in [0.4, 0.5) is 5.69 Å². The molecule has 2 aromatic rings. The lowest BCUT2D eigenvalue weighted by atomic mass is 10.1. The molecule has 0 atom stereocenters. The molecule has 230 valence electrons. The fourth-order valence-electron chi connectivity index (χ4n) is 5.07. The van der Waals surface area contributed by atoms with Crippen LogP contribution in [-0.4, -0.2) is 81.5 Å². The maximum atomic E-state index is 13.4. The second-order valence-corrected chi connectivity index (χ2v) is 12.2. The Morgan fingerprint density at radius 1 is 1.16 bits per heavy atom. The maximum absolute atomic E-state index is 13.4. The number of carbonyl (C=O) groups excluding carboxylic acids is 2. The first-order valence-electron chi connectivity index (χ1n) is 14.2. The number of likely N-dealkylation sites (tertiary alicyclic amines) is 1. The van der Waals surface area contributed by atoms with E-state index in [1.54, 1.807) is 43.3 Å². The molecular weight excluding hydrogens is 572 g/mol. The van der Waals surface area contributed by atoms with Crippen LogP contribution in [0.5, 0.6) is 5.75 Å². The number of amidine groups is 2. The summed E-state index contributed by atoms with van der Waals surface area (Å²) in [6.07, 6.45) is 6.70. The van der Waals surface area contributed by atoms with E-state index in [1.165, 1.54) is 18.2 Å². The van der Waals surface area contributed by atoms with Gasteiger partial charge in [-0.25, -0.2) is 8.42 Å². The van der Waals surface area contributed by atoms with Crippen molar-refractivity contribution in [1.82, 2.24) is 4.90 Å². The number of sulfonamides is 1. The molecule has 0 aromatic heterocycles. The average Bonchev–Trinajstić information content (AvgIpc) is 3.51. The van der Waals surface area contributed by atoms with Gasteiger partial charge in [0.15, 0.2) is 5.75 Å². The fraction of sp³-hybridized carbons (Fsp3) is 0.400. The summed E-state index contributed by atoms with van der Waals surface area (Å²) in [5.74, 6) is -1.23. The zero-order valence-electron chi connectivity index (χ0n) is 24.2. The molecule has 1 fully saturated rings. The van der Waals surface area contributed by atoms with Gasteiger partial charge in [-0.3, -0.25) is 24.3 Å². The summed E-state index contributed by atoms with van der Waals surface area (Å²) in [5, 5.41) is 7.64. The zero-order chi connectivity index (χ0) is 31.0. The van der Waals surface area contributed by atoms with E-state index in [1.807, 2.05) is 0 Å². The first-order chi connectivity index (χ1) is 20.6. The van der Waals surface area contributed by atoms with Gasteiger partial charge in [0.25, 0.3) is 5.91 Å². The predicted molar refractivity (Wildman–Crippen MR) is 166 cm³/mol. The van der Waals surface area contributed by atoms with E-state index < -0.39 is 27.7 Å². The number of esters is 1. The second-order valence-electron chi connectivity index (χ2n) is 10.3. The molecule has 43 heavy (non-hydrogen) atoms. The number of benzene rings is 2. The Morgan fingerprint density at radius 2 is 1.93 bits per heavy atom. The van der Waals surface area contributed by atoms with Crippen molar-refractivity contribution < 1.29 is 27.5 Å². The topological polar surface area (TPSA) is 181 Å². The van der Waals surface area contributed by atoms with Crippen molar-refractivity contribution in [2.24, 2.45) is 16.5 Å². The molecule has 13 heteroatoms. The van der Waals surface area contributed by atoms with E-state index in [-0.39, 0.29) is 42.1 Å². The van der Waals surface area contributed by atoms with Crippen molar-refractivity contribution in [3.63, 3.8) is 0 Å². The summed E-state index contributed by atoms with van der Waals surface area (Å²) < 4.78 is 38.9. The molecule has 0 spiro atoms. The number of aliphatic imine (C=N–C) groups is 1. The quantitative estimate of drug-likeness (QED) is 0.186. The molecule has 1 saturated heterocycles. The van der Waals surface area contributed by atoms with Crippen LogP contribution < -0.4 is 20.5 Å². The monoisotopic (exact) mass is 610 g/mol. The third-order valence-electron chi connectivity index (χ3n) is 7.19. The largest absolute Gasteiger partial charge is 0.489 e. The normalized spacial score (nSPS) is 15.7. The van der Waals surface area contributed by atoms with Crippen LogP contribution >= 0.6 is 0 Å². The molecule has 0 aliphatic carbocycles. The van der Waals surface area contributed by atoms with E-state index in [0.717, 1.165) is 55.5 Å². The van der Waals surface area contributed by atoms with Crippen LogP contribution in [0.3, 0.4) is 0 Å². The third-order valence-corrected chi connectivity index (χ3v) is 8.82. The van der Waals surface area contributed by atoms with Gasteiger partial charge >= 0.3 is 5.97 Å². The highest BCUT2D eigenvalue weighted by Crippen LogP contribution is 2.30. The summed E-state index contributed by atoms with van der Waals surface area (Å²) in [5.41, 5.74) is 12.7. The summed E-state index contributed by atoms with van der Waals surface area (Å²) >= 11 is 0. The lowest BCUT2D eigenvalue weighted by molar-refractivity contribution is -0.139. The Kier molecular flexibility index (Phi) is 10.4. The Hall–Kier alpha value is -4.39. The highest BCUT2D eigenvalue weighted by atomic mass is 32.2. The van der Waals surface area contributed by atoms with Crippen molar-refractivity contribution in [1.29, 1.82) is 5.41 Å². The molecule has 0 radical (unpaired) electrons. The number of piperidine rings is 1. The number of amides is 1. The number of carbonyl (C=O) groups is 2. The average molecular weight is 611 g/mol. The smallest absolute Gasteiger partial charge is 0.323 e. The van der Waals surface area contributed by atoms with Crippen molar-refractivity contribution >= 4 is 45.3 Å². The van der Waals surface area contributed by atoms with Crippen LogP contribution in [-0.2, 0) is 19.6 Å². The van der Waals surface area contributed by atoms with Crippen molar-refractivity contribution in [3.05, 3.63) is 65.2 Å². The Balaban J connectivity index is 1.56. The second kappa shape index (κ2) is 14.2. The van der Waals surface area contributed by atoms with E-state index in [2.05, 4.69) is 9.89 Å². The SMILES string of the molecule is CCOC(=O)CS(=O)(=O)N(CC=Cc1cccc(C(=N)N)c1)c1ccc(OC2CCN(C3=NCCC3)CC2)c(C(N)=O)c1. The minimum Gasteiger partial charge on any atom is -0.489 e. The maximum Gasteiger partial charge on any atom is 0.323 e. The predicted octanol–water partition coefficient (Wildman–Crippen LogP) is 2.52. The molecule has 5 N–H and O–H groups in total. The Morgan fingerprint density at radius 3 is 2.58 bits per heavy atom. The number of nitrogens with zero attached hydrogens (tertiary/aromatic N) is 3. The highest BCUT2D eigenvalue weighted by Gasteiger charge is 2.29. The lowest BCUT2D eigenvalue weighted by Gasteiger charge is -2.34. The van der Waals surface area contributed by atoms with Gasteiger partial charge < -0.3 is 25.8 Å². The van der Waals surface area contributed by atoms with Gasteiger partial charge in [-0.2, -0.15) is 0 Å². The zero-order valence-corrected chi connectivity index (χ0v) is 25.0. The number of ether oxygens (including phenoxy) is 2. The number of hydrogen-bond acceptors (Lipinski definition) is 9. The number of nitrogens with one attached hydrogen (secondary N) is 1. The molecule has 12 nitrogen and oxygen atoms in total. The van der Waals surface area contributed by atoms with Gasteiger partial charge in [-0.05, 0) is 43.2 Å². The molecule has 0 unspecified atom stereocenters.